The zero-order chi connectivity index (χ0) is 17.2. The minimum atomic E-state index is 0.822. The van der Waals surface area contributed by atoms with E-state index in [0.29, 0.717) is 0 Å². The first-order chi connectivity index (χ1) is 12.2. The Bertz CT molecular complexity index is 560. The van der Waals surface area contributed by atoms with E-state index in [9.17, 15) is 0 Å². The third kappa shape index (κ3) is 3.88. The maximum Gasteiger partial charge on any atom is -0.0162 e. The first kappa shape index (κ1) is 17.4. The smallest absolute Gasteiger partial charge is 0.0162 e. The summed E-state index contributed by atoms with van der Waals surface area (Å²) in [7, 11) is 0. The fourth-order valence-corrected chi connectivity index (χ4v) is 6.37. The molecule has 25 heavy (non-hydrogen) atoms. The fraction of sp³-hybridized carbons (Fsp3) is 0.680. The Labute approximate surface area is 155 Å². The summed E-state index contributed by atoms with van der Waals surface area (Å²) in [5.74, 6) is 5.79. The third-order valence-electron chi connectivity index (χ3n) is 8.01. The number of allylic oxidation sites excluding steroid dienone is 1. The Morgan fingerprint density at radius 3 is 1.96 bits per heavy atom. The molecular weight excluding hydrogens is 300 g/mol. The molecule has 4 atom stereocenters. The average Bonchev–Trinajstić information content (AvgIpc) is 2.68. The van der Waals surface area contributed by atoms with Gasteiger partial charge in [-0.1, -0.05) is 35.9 Å². The van der Waals surface area contributed by atoms with Crippen LogP contribution in [0.15, 0.2) is 36.9 Å². The number of fused-ring (bicyclic) bond motifs is 1. The van der Waals surface area contributed by atoms with Crippen LogP contribution in [0.5, 0.6) is 0 Å². The summed E-state index contributed by atoms with van der Waals surface area (Å²) in [6.45, 7) is 6.24. The normalized spacial score (nSPS) is 38.8. The molecule has 0 spiro atoms. The zero-order valence-corrected chi connectivity index (χ0v) is 16.1. The Kier molecular flexibility index (Phi) is 5.34. The molecule has 1 aromatic carbocycles. The first-order valence-corrected chi connectivity index (χ1v) is 10.9. The largest absolute Gasteiger partial charge is 0.103 e. The van der Waals surface area contributed by atoms with Crippen molar-refractivity contribution >= 4 is 0 Å². The topological polar surface area (TPSA) is 0 Å². The molecule has 0 N–H and O–H groups in total. The lowest BCUT2D eigenvalue weighted by molar-refractivity contribution is 0.0719. The molecule has 0 radical (unpaired) electrons. The van der Waals surface area contributed by atoms with Gasteiger partial charge in [-0.05, 0) is 112 Å². The molecule has 3 aliphatic rings. The molecule has 0 bridgehead atoms. The lowest BCUT2D eigenvalue weighted by atomic mass is 9.61. The van der Waals surface area contributed by atoms with Gasteiger partial charge in [-0.2, -0.15) is 0 Å². The monoisotopic (exact) mass is 336 g/mol. The zero-order valence-electron chi connectivity index (χ0n) is 16.1. The van der Waals surface area contributed by atoms with Gasteiger partial charge in [-0.3, -0.25) is 0 Å². The van der Waals surface area contributed by atoms with Crippen LogP contribution in [0, 0.1) is 36.5 Å². The Hall–Kier alpha value is -1.04. The maximum absolute atomic E-state index is 4.05. The lowest BCUT2D eigenvalue weighted by Crippen LogP contribution is -2.34. The summed E-state index contributed by atoms with van der Waals surface area (Å²) in [4.78, 5) is 0. The van der Waals surface area contributed by atoms with Gasteiger partial charge in [-0.25, -0.2) is 0 Å². The van der Waals surface area contributed by atoms with Crippen molar-refractivity contribution in [1.82, 2.24) is 0 Å². The molecule has 0 amide bonds. The van der Waals surface area contributed by atoms with Crippen molar-refractivity contribution in [2.75, 3.05) is 0 Å². The predicted octanol–water partition coefficient (Wildman–Crippen LogP) is 7.29. The molecule has 136 valence electrons. The van der Waals surface area contributed by atoms with Crippen LogP contribution in [0.1, 0.15) is 81.3 Å². The van der Waals surface area contributed by atoms with E-state index in [2.05, 4.69) is 43.8 Å². The molecule has 0 aliphatic heterocycles. The molecule has 0 aromatic heterocycles. The number of hydrogen-bond acceptors (Lipinski definition) is 0. The summed E-state index contributed by atoms with van der Waals surface area (Å²) in [5.41, 5.74) is 2.98. The van der Waals surface area contributed by atoms with E-state index in [4.69, 9.17) is 0 Å². The van der Waals surface area contributed by atoms with Crippen molar-refractivity contribution in [1.29, 1.82) is 0 Å². The molecular formula is C25H36. The molecule has 0 saturated heterocycles. The van der Waals surface area contributed by atoms with Gasteiger partial charge < -0.3 is 0 Å². The summed E-state index contributed by atoms with van der Waals surface area (Å²) >= 11 is 0. The molecule has 1 aromatic rings. The van der Waals surface area contributed by atoms with E-state index in [0.717, 1.165) is 35.5 Å². The van der Waals surface area contributed by atoms with Gasteiger partial charge >= 0.3 is 0 Å². The number of rotatable bonds is 3. The quantitative estimate of drug-likeness (QED) is 0.508. The van der Waals surface area contributed by atoms with Crippen LogP contribution >= 0.6 is 0 Å². The lowest BCUT2D eigenvalue weighted by Gasteiger charge is -2.45. The van der Waals surface area contributed by atoms with E-state index in [1.807, 2.05) is 0 Å². The van der Waals surface area contributed by atoms with E-state index in [1.54, 1.807) is 12.0 Å². The molecule has 0 heterocycles. The highest BCUT2D eigenvalue weighted by molar-refractivity contribution is 5.24. The minimum Gasteiger partial charge on any atom is -0.103 e. The van der Waals surface area contributed by atoms with Crippen molar-refractivity contribution < 1.29 is 0 Å². The number of hydrogen-bond donors (Lipinski definition) is 0. The standard InChI is InChI=1S/C25H36/c1-3-19-6-9-25-17-24(15-14-23(25)16-19)22-12-10-21(11-13-22)20-7-4-18(2)5-8-20/h3-5,7-8,19,21-25H,1,6,9-17H2,2H3. The van der Waals surface area contributed by atoms with Gasteiger partial charge in [0.15, 0.2) is 0 Å². The molecule has 4 rings (SSSR count). The van der Waals surface area contributed by atoms with Crippen molar-refractivity contribution in [3.8, 4) is 0 Å². The van der Waals surface area contributed by atoms with Gasteiger partial charge in [0.2, 0.25) is 0 Å². The van der Waals surface area contributed by atoms with E-state index < -0.39 is 0 Å². The first-order valence-electron chi connectivity index (χ1n) is 10.9. The van der Waals surface area contributed by atoms with Gasteiger partial charge in [0.05, 0.1) is 0 Å². The van der Waals surface area contributed by atoms with Crippen molar-refractivity contribution in [3.63, 3.8) is 0 Å². The highest BCUT2D eigenvalue weighted by atomic mass is 14.4. The molecule has 0 nitrogen and oxygen atoms in total. The Morgan fingerprint density at radius 1 is 0.720 bits per heavy atom. The Balaban J connectivity index is 1.30. The second-order valence-corrected chi connectivity index (χ2v) is 9.42. The van der Waals surface area contributed by atoms with Gasteiger partial charge in [0.1, 0.15) is 0 Å². The predicted molar refractivity (Wildman–Crippen MR) is 108 cm³/mol. The van der Waals surface area contributed by atoms with Crippen molar-refractivity contribution in [2.45, 2.75) is 77.0 Å². The van der Waals surface area contributed by atoms with Crippen LogP contribution in [0.25, 0.3) is 0 Å². The minimum absolute atomic E-state index is 0.822. The second kappa shape index (κ2) is 7.68. The molecule has 3 aliphatic carbocycles. The number of benzene rings is 1. The number of aryl methyl sites for hydroxylation is 1. The molecule has 3 fully saturated rings. The highest BCUT2D eigenvalue weighted by Crippen LogP contribution is 2.49. The maximum atomic E-state index is 4.05. The Morgan fingerprint density at radius 2 is 1.28 bits per heavy atom. The average molecular weight is 337 g/mol. The van der Waals surface area contributed by atoms with Gasteiger partial charge in [-0.15, -0.1) is 6.58 Å². The van der Waals surface area contributed by atoms with Crippen LogP contribution in [0.2, 0.25) is 0 Å². The molecule has 3 saturated carbocycles. The van der Waals surface area contributed by atoms with Crippen molar-refractivity contribution in [3.05, 3.63) is 48.0 Å². The van der Waals surface area contributed by atoms with E-state index in [-0.39, 0.29) is 0 Å². The van der Waals surface area contributed by atoms with Crippen LogP contribution in [-0.4, -0.2) is 0 Å². The highest BCUT2D eigenvalue weighted by Gasteiger charge is 2.38. The summed E-state index contributed by atoms with van der Waals surface area (Å²) in [5, 5.41) is 0. The van der Waals surface area contributed by atoms with Crippen molar-refractivity contribution in [2.24, 2.45) is 29.6 Å². The third-order valence-corrected chi connectivity index (χ3v) is 8.01. The van der Waals surface area contributed by atoms with Crippen LogP contribution in [-0.2, 0) is 0 Å². The van der Waals surface area contributed by atoms with Gasteiger partial charge in [0, 0.05) is 0 Å². The summed E-state index contributed by atoms with van der Waals surface area (Å²) in [6.07, 6.45) is 17.0. The fourth-order valence-electron chi connectivity index (χ4n) is 6.37. The summed E-state index contributed by atoms with van der Waals surface area (Å²) < 4.78 is 0. The van der Waals surface area contributed by atoms with Crippen LogP contribution in [0.3, 0.4) is 0 Å². The van der Waals surface area contributed by atoms with Crippen LogP contribution < -0.4 is 0 Å². The summed E-state index contributed by atoms with van der Waals surface area (Å²) in [6, 6.07) is 9.34. The van der Waals surface area contributed by atoms with Gasteiger partial charge in [0.25, 0.3) is 0 Å². The van der Waals surface area contributed by atoms with E-state index in [1.165, 1.54) is 63.4 Å². The molecule has 0 heteroatoms. The SMILES string of the molecule is C=CC1CCC2CC(C3CCC(c4ccc(C)cc4)CC3)CCC2C1. The van der Waals surface area contributed by atoms with E-state index >= 15 is 0 Å². The van der Waals surface area contributed by atoms with Crippen LogP contribution in [0.4, 0.5) is 0 Å². The molecule has 4 unspecified atom stereocenters. The second-order valence-electron chi connectivity index (χ2n) is 9.42.